The van der Waals surface area contributed by atoms with E-state index >= 15 is 0 Å². The van der Waals surface area contributed by atoms with Crippen molar-refractivity contribution >= 4 is 26.8 Å². The SMILES string of the molecule is Brc1cccc2c1ccn2CCCc1ccccc1. The van der Waals surface area contributed by atoms with Gasteiger partial charge in [0.2, 0.25) is 0 Å². The smallest absolute Gasteiger partial charge is 0.0491 e. The summed E-state index contributed by atoms with van der Waals surface area (Å²) in [6.45, 7) is 1.06. The quantitative estimate of drug-likeness (QED) is 0.636. The molecule has 2 aromatic carbocycles. The first kappa shape index (κ1) is 12.5. The first-order valence-electron chi connectivity index (χ1n) is 6.62. The van der Waals surface area contributed by atoms with Crippen molar-refractivity contribution < 1.29 is 0 Å². The molecule has 0 aliphatic carbocycles. The third-order valence-corrected chi connectivity index (χ3v) is 4.16. The Bertz CT molecular complexity index is 670. The van der Waals surface area contributed by atoms with E-state index in [0.29, 0.717) is 0 Å². The number of benzene rings is 2. The van der Waals surface area contributed by atoms with E-state index in [1.54, 1.807) is 0 Å². The van der Waals surface area contributed by atoms with Gasteiger partial charge in [-0.3, -0.25) is 0 Å². The minimum absolute atomic E-state index is 1.06. The Morgan fingerprint density at radius 2 is 1.74 bits per heavy atom. The summed E-state index contributed by atoms with van der Waals surface area (Å²) in [6.07, 6.45) is 4.48. The van der Waals surface area contributed by atoms with E-state index in [4.69, 9.17) is 0 Å². The Labute approximate surface area is 122 Å². The highest BCUT2D eigenvalue weighted by Gasteiger charge is 2.03. The molecule has 0 atom stereocenters. The fourth-order valence-corrected chi connectivity index (χ4v) is 2.97. The van der Waals surface area contributed by atoms with Gasteiger partial charge in [-0.2, -0.15) is 0 Å². The zero-order valence-electron chi connectivity index (χ0n) is 10.7. The molecule has 0 N–H and O–H groups in total. The van der Waals surface area contributed by atoms with Crippen molar-refractivity contribution in [3.8, 4) is 0 Å². The van der Waals surface area contributed by atoms with Crippen molar-refractivity contribution in [2.24, 2.45) is 0 Å². The third-order valence-electron chi connectivity index (χ3n) is 3.47. The van der Waals surface area contributed by atoms with Crippen LogP contribution in [0.5, 0.6) is 0 Å². The minimum Gasteiger partial charge on any atom is -0.347 e. The van der Waals surface area contributed by atoms with Gasteiger partial charge in [0.15, 0.2) is 0 Å². The van der Waals surface area contributed by atoms with Crippen LogP contribution in [0.3, 0.4) is 0 Å². The van der Waals surface area contributed by atoms with Crippen LogP contribution in [0.4, 0.5) is 0 Å². The van der Waals surface area contributed by atoms with Crippen molar-refractivity contribution in [1.29, 1.82) is 0 Å². The molecule has 1 heterocycles. The highest BCUT2D eigenvalue weighted by atomic mass is 79.9. The Hall–Kier alpha value is -1.54. The molecule has 0 amide bonds. The lowest BCUT2D eigenvalue weighted by atomic mass is 10.1. The van der Waals surface area contributed by atoms with E-state index in [1.165, 1.54) is 27.4 Å². The molecule has 19 heavy (non-hydrogen) atoms. The summed E-state index contributed by atoms with van der Waals surface area (Å²) in [5.74, 6) is 0. The molecule has 0 bridgehead atoms. The van der Waals surface area contributed by atoms with Crippen LogP contribution in [0.1, 0.15) is 12.0 Å². The first-order valence-corrected chi connectivity index (χ1v) is 7.41. The maximum absolute atomic E-state index is 3.60. The topological polar surface area (TPSA) is 4.93 Å². The van der Waals surface area contributed by atoms with Gasteiger partial charge in [-0.25, -0.2) is 0 Å². The van der Waals surface area contributed by atoms with Gasteiger partial charge in [-0.1, -0.05) is 52.3 Å². The molecule has 0 fully saturated rings. The van der Waals surface area contributed by atoms with Crippen LogP contribution in [0, 0.1) is 0 Å². The lowest BCUT2D eigenvalue weighted by Gasteiger charge is -2.06. The average Bonchev–Trinajstić information content (AvgIpc) is 2.85. The molecule has 0 aliphatic heterocycles. The number of hydrogen-bond donors (Lipinski definition) is 0. The normalized spacial score (nSPS) is 11.0. The van der Waals surface area contributed by atoms with E-state index < -0.39 is 0 Å². The van der Waals surface area contributed by atoms with Crippen molar-refractivity contribution in [1.82, 2.24) is 4.57 Å². The van der Waals surface area contributed by atoms with Crippen LogP contribution in [-0.4, -0.2) is 4.57 Å². The summed E-state index contributed by atoms with van der Waals surface area (Å²) in [5, 5.41) is 1.29. The molecule has 0 spiro atoms. The largest absolute Gasteiger partial charge is 0.347 e. The summed E-state index contributed by atoms with van der Waals surface area (Å²) < 4.78 is 3.51. The number of hydrogen-bond acceptors (Lipinski definition) is 0. The van der Waals surface area contributed by atoms with Crippen LogP contribution in [0.25, 0.3) is 10.9 Å². The highest BCUT2D eigenvalue weighted by Crippen LogP contribution is 2.24. The molecule has 1 nitrogen and oxygen atoms in total. The predicted molar refractivity (Wildman–Crippen MR) is 84.4 cm³/mol. The summed E-state index contributed by atoms with van der Waals surface area (Å²) in [4.78, 5) is 0. The second-order valence-corrected chi connectivity index (χ2v) is 5.63. The van der Waals surface area contributed by atoms with E-state index in [-0.39, 0.29) is 0 Å². The molecular formula is C17H16BrN. The first-order chi connectivity index (χ1) is 9.34. The molecule has 1 aromatic heterocycles. The van der Waals surface area contributed by atoms with Crippen LogP contribution in [0.15, 0.2) is 65.3 Å². The van der Waals surface area contributed by atoms with E-state index in [0.717, 1.165) is 13.0 Å². The summed E-state index contributed by atoms with van der Waals surface area (Å²) in [5.41, 5.74) is 2.72. The number of rotatable bonds is 4. The van der Waals surface area contributed by atoms with E-state index in [1.807, 2.05) is 0 Å². The molecular weight excluding hydrogens is 298 g/mol. The summed E-state index contributed by atoms with van der Waals surface area (Å²) >= 11 is 3.60. The minimum atomic E-state index is 1.06. The Balaban J connectivity index is 1.71. The molecule has 0 saturated heterocycles. The molecule has 3 rings (SSSR count). The maximum Gasteiger partial charge on any atom is 0.0491 e. The van der Waals surface area contributed by atoms with Crippen molar-refractivity contribution in [3.63, 3.8) is 0 Å². The number of nitrogens with zero attached hydrogens (tertiary/aromatic N) is 1. The number of aromatic nitrogens is 1. The molecule has 0 unspecified atom stereocenters. The maximum atomic E-state index is 3.60. The molecule has 96 valence electrons. The third kappa shape index (κ3) is 2.74. The number of fused-ring (bicyclic) bond motifs is 1. The fourth-order valence-electron chi connectivity index (χ4n) is 2.48. The van der Waals surface area contributed by atoms with Gasteiger partial charge >= 0.3 is 0 Å². The molecule has 2 heteroatoms. The standard InChI is InChI=1S/C17H16BrN/c18-16-9-4-10-17-15(16)11-13-19(17)12-5-8-14-6-2-1-3-7-14/h1-4,6-7,9-11,13H,5,8,12H2. The second-order valence-electron chi connectivity index (χ2n) is 4.77. The van der Waals surface area contributed by atoms with Crippen molar-refractivity contribution in [3.05, 3.63) is 70.8 Å². The Kier molecular flexibility index (Phi) is 3.69. The van der Waals surface area contributed by atoms with Gasteiger partial charge in [0.1, 0.15) is 0 Å². The summed E-state index contributed by atoms with van der Waals surface area (Å²) in [7, 11) is 0. The number of aryl methyl sites for hydroxylation is 2. The van der Waals surface area contributed by atoms with Gasteiger partial charge in [0, 0.05) is 28.1 Å². The van der Waals surface area contributed by atoms with Crippen LogP contribution in [-0.2, 0) is 13.0 Å². The van der Waals surface area contributed by atoms with Gasteiger partial charge in [0.05, 0.1) is 0 Å². The molecule has 0 saturated carbocycles. The Morgan fingerprint density at radius 3 is 2.58 bits per heavy atom. The monoisotopic (exact) mass is 313 g/mol. The van der Waals surface area contributed by atoms with E-state index in [2.05, 4.69) is 81.3 Å². The lowest BCUT2D eigenvalue weighted by molar-refractivity contribution is 0.662. The van der Waals surface area contributed by atoms with Crippen LogP contribution < -0.4 is 0 Å². The number of halogens is 1. The predicted octanol–water partition coefficient (Wildman–Crippen LogP) is 5.04. The lowest BCUT2D eigenvalue weighted by Crippen LogP contribution is -1.97. The van der Waals surface area contributed by atoms with Gasteiger partial charge in [0.25, 0.3) is 0 Å². The molecule has 0 radical (unpaired) electrons. The average molecular weight is 314 g/mol. The van der Waals surface area contributed by atoms with Crippen LogP contribution >= 0.6 is 15.9 Å². The van der Waals surface area contributed by atoms with Gasteiger partial charge in [-0.15, -0.1) is 0 Å². The fraction of sp³-hybridized carbons (Fsp3) is 0.176. The zero-order chi connectivity index (χ0) is 13.1. The van der Waals surface area contributed by atoms with Crippen molar-refractivity contribution in [2.45, 2.75) is 19.4 Å². The summed E-state index contributed by atoms with van der Waals surface area (Å²) in [6, 6.07) is 19.2. The van der Waals surface area contributed by atoms with E-state index in [9.17, 15) is 0 Å². The Morgan fingerprint density at radius 1 is 0.895 bits per heavy atom. The molecule has 0 aliphatic rings. The highest BCUT2D eigenvalue weighted by molar-refractivity contribution is 9.10. The molecule has 3 aromatic rings. The van der Waals surface area contributed by atoms with Gasteiger partial charge in [-0.05, 0) is 36.6 Å². The van der Waals surface area contributed by atoms with Crippen molar-refractivity contribution in [2.75, 3.05) is 0 Å². The van der Waals surface area contributed by atoms with Gasteiger partial charge < -0.3 is 4.57 Å². The van der Waals surface area contributed by atoms with Crippen LogP contribution in [0.2, 0.25) is 0 Å². The second kappa shape index (κ2) is 5.62. The zero-order valence-corrected chi connectivity index (χ0v) is 12.3.